The highest BCUT2D eigenvalue weighted by Crippen LogP contribution is 2.31. The summed E-state index contributed by atoms with van der Waals surface area (Å²) in [5, 5.41) is 3.37. The van der Waals surface area contributed by atoms with Gasteiger partial charge in [0.25, 0.3) is 0 Å². The van der Waals surface area contributed by atoms with Gasteiger partial charge in [0.1, 0.15) is 5.82 Å². The first-order valence-corrected chi connectivity index (χ1v) is 11.2. The first kappa shape index (κ1) is 21.7. The van der Waals surface area contributed by atoms with E-state index in [0.29, 0.717) is 0 Å². The Morgan fingerprint density at radius 1 is 0.719 bits per heavy atom. The Balaban J connectivity index is 1.81. The van der Waals surface area contributed by atoms with Crippen LogP contribution in [0.3, 0.4) is 0 Å². The molecule has 162 valence electrons. The largest absolute Gasteiger partial charge is 0.370 e. The molecule has 3 aromatic heterocycles. The van der Waals surface area contributed by atoms with Gasteiger partial charge < -0.3 is 5.32 Å². The maximum atomic E-state index is 4.92. The molecule has 1 N–H and O–H groups in total. The summed E-state index contributed by atoms with van der Waals surface area (Å²) >= 11 is 0. The van der Waals surface area contributed by atoms with E-state index in [2.05, 4.69) is 74.4 Å². The molecule has 4 rings (SSSR count). The van der Waals surface area contributed by atoms with Crippen molar-refractivity contribution in [1.29, 1.82) is 0 Å². The minimum absolute atomic E-state index is 0.122. The van der Waals surface area contributed by atoms with Gasteiger partial charge in [-0.2, -0.15) is 0 Å². The second-order valence-corrected chi connectivity index (χ2v) is 9.00. The van der Waals surface area contributed by atoms with Crippen molar-refractivity contribution in [2.75, 3.05) is 11.9 Å². The van der Waals surface area contributed by atoms with E-state index in [-0.39, 0.29) is 5.41 Å². The van der Waals surface area contributed by atoms with Gasteiger partial charge >= 0.3 is 0 Å². The van der Waals surface area contributed by atoms with Gasteiger partial charge in [-0.1, -0.05) is 64.1 Å². The van der Waals surface area contributed by atoms with Crippen LogP contribution < -0.4 is 5.32 Å². The second kappa shape index (κ2) is 9.31. The lowest BCUT2D eigenvalue weighted by molar-refractivity contribution is 0.590. The molecule has 0 amide bonds. The monoisotopic (exact) mass is 422 g/mol. The third-order valence-electron chi connectivity index (χ3n) is 5.40. The minimum Gasteiger partial charge on any atom is -0.370 e. The molecule has 0 atom stereocenters. The maximum absolute atomic E-state index is 4.92. The molecule has 0 spiro atoms. The van der Waals surface area contributed by atoms with E-state index in [1.165, 1.54) is 5.56 Å². The highest BCUT2D eigenvalue weighted by molar-refractivity contribution is 5.75. The molecule has 0 unspecified atom stereocenters. The number of nitrogens with zero attached hydrogens (tertiary/aromatic N) is 3. The van der Waals surface area contributed by atoms with Crippen LogP contribution in [0.1, 0.15) is 39.7 Å². The molecular weight excluding hydrogens is 392 g/mol. The molecule has 0 aliphatic rings. The molecule has 0 saturated heterocycles. The number of hydrogen-bond donors (Lipinski definition) is 1. The molecule has 32 heavy (non-hydrogen) atoms. The molecule has 4 nitrogen and oxygen atoms in total. The Hall–Kier alpha value is -3.53. The van der Waals surface area contributed by atoms with E-state index in [0.717, 1.165) is 52.7 Å². The van der Waals surface area contributed by atoms with Crippen molar-refractivity contribution in [2.45, 2.75) is 39.5 Å². The van der Waals surface area contributed by atoms with E-state index < -0.39 is 0 Å². The van der Waals surface area contributed by atoms with Gasteiger partial charge in [-0.25, -0.2) is 9.97 Å². The fourth-order valence-electron chi connectivity index (χ4n) is 3.57. The Morgan fingerprint density at radius 2 is 1.44 bits per heavy atom. The van der Waals surface area contributed by atoms with Crippen LogP contribution in [0.4, 0.5) is 5.82 Å². The number of nitrogens with one attached hydrogen (secondary N) is 1. The summed E-state index contributed by atoms with van der Waals surface area (Å²) in [5.41, 5.74) is 7.06. The van der Waals surface area contributed by atoms with Gasteiger partial charge in [0.05, 0.1) is 22.8 Å². The van der Waals surface area contributed by atoms with E-state index in [4.69, 9.17) is 9.97 Å². The second-order valence-electron chi connectivity index (χ2n) is 9.00. The summed E-state index contributed by atoms with van der Waals surface area (Å²) in [6.07, 6.45) is 2.85. The van der Waals surface area contributed by atoms with Crippen LogP contribution in [0.5, 0.6) is 0 Å². The van der Waals surface area contributed by atoms with Gasteiger partial charge in [0.2, 0.25) is 0 Å². The molecule has 4 heteroatoms. The zero-order valence-corrected chi connectivity index (χ0v) is 19.3. The van der Waals surface area contributed by atoms with Gasteiger partial charge in [0, 0.05) is 12.7 Å². The molecular formula is C28H30N4. The fourth-order valence-corrected chi connectivity index (χ4v) is 3.57. The van der Waals surface area contributed by atoms with E-state index in [1.807, 2.05) is 36.4 Å². The van der Waals surface area contributed by atoms with Crippen LogP contribution in [-0.2, 0) is 5.41 Å². The predicted molar refractivity (Wildman–Crippen MR) is 134 cm³/mol. The Labute approximate surface area is 190 Å². The molecule has 0 radical (unpaired) electrons. The third-order valence-corrected chi connectivity index (χ3v) is 5.40. The number of rotatable bonds is 6. The lowest BCUT2D eigenvalue weighted by Gasteiger charge is -2.19. The first-order chi connectivity index (χ1) is 15.4. The molecule has 1 aromatic carbocycles. The molecule has 0 fully saturated rings. The number of hydrogen-bond acceptors (Lipinski definition) is 4. The van der Waals surface area contributed by atoms with Crippen molar-refractivity contribution >= 4 is 5.82 Å². The summed E-state index contributed by atoms with van der Waals surface area (Å²) in [5.74, 6) is 0.866. The zero-order valence-electron chi connectivity index (χ0n) is 19.3. The Kier molecular flexibility index (Phi) is 6.31. The highest BCUT2D eigenvalue weighted by atomic mass is 15.0. The van der Waals surface area contributed by atoms with E-state index in [1.54, 1.807) is 6.20 Å². The van der Waals surface area contributed by atoms with Gasteiger partial charge in [-0.05, 0) is 64.9 Å². The predicted octanol–water partition coefficient (Wildman–Crippen LogP) is 6.99. The van der Waals surface area contributed by atoms with Crippen LogP contribution in [0.2, 0.25) is 0 Å². The van der Waals surface area contributed by atoms with Crippen LogP contribution in [0.15, 0.2) is 79.0 Å². The standard InChI is InChI=1S/C28H30N4/c1-5-16-30-27-11-8-10-24(32-27)26-19-21(18-25(31-26)23-9-6-7-17-29-23)20-12-14-22(15-13-20)28(2,3)4/h6-15,17-19H,5,16H2,1-4H3,(H,30,32). The summed E-state index contributed by atoms with van der Waals surface area (Å²) < 4.78 is 0. The quantitative estimate of drug-likeness (QED) is 0.364. The number of anilines is 1. The lowest BCUT2D eigenvalue weighted by Crippen LogP contribution is -2.10. The average molecular weight is 423 g/mol. The molecule has 4 aromatic rings. The van der Waals surface area contributed by atoms with E-state index in [9.17, 15) is 0 Å². The first-order valence-electron chi connectivity index (χ1n) is 11.2. The topological polar surface area (TPSA) is 50.7 Å². The van der Waals surface area contributed by atoms with Gasteiger partial charge in [0.15, 0.2) is 0 Å². The molecule has 0 aliphatic heterocycles. The van der Waals surface area contributed by atoms with Crippen molar-refractivity contribution in [3.05, 3.63) is 84.6 Å². The molecule has 3 heterocycles. The van der Waals surface area contributed by atoms with Gasteiger partial charge in [-0.15, -0.1) is 0 Å². The normalized spacial score (nSPS) is 11.4. The lowest BCUT2D eigenvalue weighted by atomic mass is 9.86. The van der Waals surface area contributed by atoms with Crippen molar-refractivity contribution in [3.63, 3.8) is 0 Å². The van der Waals surface area contributed by atoms with Crippen LogP contribution in [0.25, 0.3) is 33.9 Å². The number of aromatic nitrogens is 3. The minimum atomic E-state index is 0.122. The zero-order chi connectivity index (χ0) is 22.6. The summed E-state index contributed by atoms with van der Waals surface area (Å²) in [7, 11) is 0. The van der Waals surface area contributed by atoms with Crippen LogP contribution in [-0.4, -0.2) is 21.5 Å². The molecule has 0 saturated carbocycles. The van der Waals surface area contributed by atoms with E-state index >= 15 is 0 Å². The number of pyridine rings is 3. The molecule has 0 bridgehead atoms. The number of benzene rings is 1. The SMILES string of the molecule is CCCNc1cccc(-c2cc(-c3ccc(C(C)(C)C)cc3)cc(-c3ccccn3)n2)n1. The maximum Gasteiger partial charge on any atom is 0.126 e. The average Bonchev–Trinajstić information content (AvgIpc) is 2.83. The highest BCUT2D eigenvalue weighted by Gasteiger charge is 2.15. The van der Waals surface area contributed by atoms with Crippen molar-refractivity contribution < 1.29 is 0 Å². The Morgan fingerprint density at radius 3 is 2.09 bits per heavy atom. The smallest absolute Gasteiger partial charge is 0.126 e. The summed E-state index contributed by atoms with van der Waals surface area (Å²) in [4.78, 5) is 14.3. The fraction of sp³-hybridized carbons (Fsp3) is 0.250. The van der Waals surface area contributed by atoms with Crippen molar-refractivity contribution in [3.8, 4) is 33.9 Å². The summed E-state index contributed by atoms with van der Waals surface area (Å²) in [6, 6.07) is 24.9. The van der Waals surface area contributed by atoms with Crippen LogP contribution >= 0.6 is 0 Å². The molecule has 0 aliphatic carbocycles. The van der Waals surface area contributed by atoms with Gasteiger partial charge in [-0.3, -0.25) is 4.98 Å². The van der Waals surface area contributed by atoms with Crippen molar-refractivity contribution in [1.82, 2.24) is 15.0 Å². The van der Waals surface area contributed by atoms with Crippen LogP contribution in [0, 0.1) is 0 Å². The van der Waals surface area contributed by atoms with Crippen molar-refractivity contribution in [2.24, 2.45) is 0 Å². The third kappa shape index (κ3) is 5.02. The Bertz CT molecular complexity index is 1180. The summed E-state index contributed by atoms with van der Waals surface area (Å²) in [6.45, 7) is 9.74.